The first-order valence-corrected chi connectivity index (χ1v) is 5.99. The number of nitrogens with zero attached hydrogens (tertiary/aromatic N) is 2. The van der Waals surface area contributed by atoms with Crippen LogP contribution in [0.3, 0.4) is 0 Å². The molecule has 94 valence electrons. The highest BCUT2D eigenvalue weighted by Crippen LogP contribution is 2.16. The van der Waals surface area contributed by atoms with E-state index >= 15 is 0 Å². The van der Waals surface area contributed by atoms with Crippen molar-refractivity contribution in [3.63, 3.8) is 0 Å². The van der Waals surface area contributed by atoms with Crippen LogP contribution in [0, 0.1) is 0 Å². The van der Waals surface area contributed by atoms with Gasteiger partial charge < -0.3 is 14.7 Å². The lowest BCUT2D eigenvalue weighted by Crippen LogP contribution is -2.33. The van der Waals surface area contributed by atoms with Crippen molar-refractivity contribution in [1.82, 2.24) is 9.88 Å². The van der Waals surface area contributed by atoms with Gasteiger partial charge in [-0.2, -0.15) is 0 Å². The lowest BCUT2D eigenvalue weighted by atomic mass is 10.2. The molecule has 0 bridgehead atoms. The van der Waals surface area contributed by atoms with Crippen molar-refractivity contribution in [2.24, 2.45) is 0 Å². The summed E-state index contributed by atoms with van der Waals surface area (Å²) in [5.41, 5.74) is 0.250. The highest BCUT2D eigenvalue weighted by atomic mass is 79.9. The van der Waals surface area contributed by atoms with E-state index in [2.05, 4.69) is 20.9 Å². The third-order valence-corrected chi connectivity index (χ3v) is 2.75. The van der Waals surface area contributed by atoms with E-state index in [-0.39, 0.29) is 22.0 Å². The number of amides is 1. The smallest absolute Gasteiger partial charge is 0.257 e. The summed E-state index contributed by atoms with van der Waals surface area (Å²) in [6.45, 7) is 1.01. The highest BCUT2D eigenvalue weighted by Gasteiger charge is 2.17. The zero-order valence-electron chi connectivity index (χ0n) is 9.76. The summed E-state index contributed by atoms with van der Waals surface area (Å²) in [5, 5.41) is 9.52. The van der Waals surface area contributed by atoms with Crippen molar-refractivity contribution in [2.75, 3.05) is 27.3 Å². The Bertz CT molecular complexity index is 387. The first kappa shape index (κ1) is 13.9. The largest absolute Gasteiger partial charge is 0.505 e. The molecule has 5 nitrogen and oxygen atoms in total. The maximum Gasteiger partial charge on any atom is 0.257 e. The summed E-state index contributed by atoms with van der Waals surface area (Å²) < 4.78 is 4.97. The summed E-state index contributed by atoms with van der Waals surface area (Å²) in [4.78, 5) is 17.3. The van der Waals surface area contributed by atoms with Gasteiger partial charge in [-0.3, -0.25) is 9.78 Å². The van der Waals surface area contributed by atoms with Crippen LogP contribution in [0.15, 0.2) is 18.5 Å². The molecular formula is C11H15BrN2O3. The summed E-state index contributed by atoms with van der Waals surface area (Å²) in [7, 11) is 3.27. The van der Waals surface area contributed by atoms with E-state index in [1.54, 1.807) is 14.2 Å². The number of rotatable bonds is 5. The van der Waals surface area contributed by atoms with Gasteiger partial charge in [-0.05, 0) is 6.07 Å². The molecule has 1 unspecified atom stereocenters. The molecule has 1 rings (SSSR count). The topological polar surface area (TPSA) is 62.7 Å². The van der Waals surface area contributed by atoms with Gasteiger partial charge in [-0.1, -0.05) is 15.9 Å². The molecular weight excluding hydrogens is 288 g/mol. The molecule has 0 saturated carbocycles. The summed E-state index contributed by atoms with van der Waals surface area (Å²) >= 11 is 3.40. The number of halogens is 1. The number of ether oxygens (including phenoxy) is 1. The quantitative estimate of drug-likeness (QED) is 0.832. The minimum absolute atomic E-state index is 0.0606. The fourth-order valence-corrected chi connectivity index (χ4v) is 2.08. The van der Waals surface area contributed by atoms with Gasteiger partial charge >= 0.3 is 0 Å². The number of carbonyl (C=O) groups is 1. The number of hydrogen-bond donors (Lipinski definition) is 1. The molecule has 0 spiro atoms. The Hall–Kier alpha value is -1.14. The van der Waals surface area contributed by atoms with E-state index in [1.165, 1.54) is 23.4 Å². The zero-order chi connectivity index (χ0) is 12.8. The second-order valence-corrected chi connectivity index (χ2v) is 4.93. The van der Waals surface area contributed by atoms with E-state index in [4.69, 9.17) is 4.74 Å². The Morgan fingerprint density at radius 2 is 2.41 bits per heavy atom. The van der Waals surface area contributed by atoms with E-state index in [9.17, 15) is 9.90 Å². The molecule has 0 aromatic carbocycles. The van der Waals surface area contributed by atoms with Crippen LogP contribution in [0.25, 0.3) is 0 Å². The zero-order valence-corrected chi connectivity index (χ0v) is 11.3. The predicted molar refractivity (Wildman–Crippen MR) is 67.5 cm³/mol. The second-order valence-electron chi connectivity index (χ2n) is 3.63. The van der Waals surface area contributed by atoms with Gasteiger partial charge in [-0.25, -0.2) is 0 Å². The van der Waals surface area contributed by atoms with Crippen molar-refractivity contribution in [3.8, 4) is 5.75 Å². The standard InChI is InChI=1S/C11H15BrN2O3/c1-14(6-8(12)7-17-2)11(16)9-3-4-13-5-10(9)15/h3-5,8,15H,6-7H2,1-2H3. The Morgan fingerprint density at radius 1 is 1.71 bits per heavy atom. The van der Waals surface area contributed by atoms with Gasteiger partial charge in [0.1, 0.15) is 5.75 Å². The third kappa shape index (κ3) is 3.98. The molecule has 0 aliphatic heterocycles. The Morgan fingerprint density at radius 3 is 3.00 bits per heavy atom. The maximum absolute atomic E-state index is 12.0. The predicted octanol–water partition coefficient (Wildman–Crippen LogP) is 1.27. The minimum atomic E-state index is -0.245. The lowest BCUT2D eigenvalue weighted by molar-refractivity contribution is 0.0781. The van der Waals surface area contributed by atoms with Gasteiger partial charge in [0.25, 0.3) is 5.91 Å². The Balaban J connectivity index is 2.67. The molecule has 1 atom stereocenters. The fraction of sp³-hybridized carbons (Fsp3) is 0.455. The number of methoxy groups -OCH3 is 1. The number of alkyl halides is 1. The number of hydrogen-bond acceptors (Lipinski definition) is 4. The van der Waals surface area contributed by atoms with Crippen LogP contribution in [0.4, 0.5) is 0 Å². The van der Waals surface area contributed by atoms with Crippen molar-refractivity contribution >= 4 is 21.8 Å². The molecule has 0 fully saturated rings. The van der Waals surface area contributed by atoms with Gasteiger partial charge in [0.15, 0.2) is 0 Å². The molecule has 1 aromatic rings. The monoisotopic (exact) mass is 302 g/mol. The number of aromatic nitrogens is 1. The van der Waals surface area contributed by atoms with Crippen LogP contribution in [-0.4, -0.2) is 53.0 Å². The van der Waals surface area contributed by atoms with E-state index < -0.39 is 0 Å². The molecule has 1 N–H and O–H groups in total. The second kappa shape index (κ2) is 6.56. The molecule has 0 saturated heterocycles. The average Bonchev–Trinajstić information content (AvgIpc) is 2.29. The summed E-state index contributed by atoms with van der Waals surface area (Å²) in [6, 6.07) is 1.49. The van der Waals surface area contributed by atoms with Crippen LogP contribution in [0.5, 0.6) is 5.75 Å². The van der Waals surface area contributed by atoms with Gasteiger partial charge in [0.2, 0.25) is 0 Å². The summed E-state index contributed by atoms with van der Waals surface area (Å²) in [6.07, 6.45) is 2.73. The third-order valence-electron chi connectivity index (χ3n) is 2.20. The van der Waals surface area contributed by atoms with Crippen LogP contribution < -0.4 is 0 Å². The van der Waals surface area contributed by atoms with Gasteiger partial charge in [0, 0.05) is 26.9 Å². The molecule has 0 aliphatic carbocycles. The molecule has 0 radical (unpaired) electrons. The van der Waals surface area contributed by atoms with Gasteiger partial charge in [-0.15, -0.1) is 0 Å². The normalized spacial score (nSPS) is 12.2. The van der Waals surface area contributed by atoms with Crippen LogP contribution >= 0.6 is 15.9 Å². The lowest BCUT2D eigenvalue weighted by Gasteiger charge is -2.20. The van der Waals surface area contributed by atoms with E-state index in [1.807, 2.05) is 0 Å². The highest BCUT2D eigenvalue weighted by molar-refractivity contribution is 9.09. The van der Waals surface area contributed by atoms with Crippen molar-refractivity contribution in [2.45, 2.75) is 4.83 Å². The number of pyridine rings is 1. The summed E-state index contributed by atoms with van der Waals surface area (Å²) in [5.74, 6) is -0.354. The van der Waals surface area contributed by atoms with Crippen molar-refractivity contribution in [1.29, 1.82) is 0 Å². The Kier molecular flexibility index (Phi) is 5.37. The molecule has 1 aromatic heterocycles. The van der Waals surface area contributed by atoms with Crippen molar-refractivity contribution in [3.05, 3.63) is 24.0 Å². The average molecular weight is 303 g/mol. The molecule has 1 amide bonds. The molecule has 6 heteroatoms. The number of carbonyl (C=O) groups excluding carboxylic acids is 1. The number of aromatic hydroxyl groups is 1. The van der Waals surface area contributed by atoms with Crippen LogP contribution in [-0.2, 0) is 4.74 Å². The molecule has 1 heterocycles. The first-order valence-electron chi connectivity index (χ1n) is 5.07. The maximum atomic E-state index is 12.0. The minimum Gasteiger partial charge on any atom is -0.505 e. The first-order chi connectivity index (χ1) is 8.06. The molecule has 0 aliphatic rings. The molecule has 17 heavy (non-hydrogen) atoms. The van der Waals surface area contributed by atoms with Crippen LogP contribution in [0.2, 0.25) is 0 Å². The van der Waals surface area contributed by atoms with E-state index in [0.717, 1.165) is 0 Å². The van der Waals surface area contributed by atoms with E-state index in [0.29, 0.717) is 13.2 Å². The van der Waals surface area contributed by atoms with Crippen molar-refractivity contribution < 1.29 is 14.6 Å². The van der Waals surface area contributed by atoms with Gasteiger partial charge in [0.05, 0.1) is 23.2 Å². The SMILES string of the molecule is COCC(Br)CN(C)C(=O)c1ccncc1O. The Labute approximate surface area is 109 Å². The fourth-order valence-electron chi connectivity index (χ4n) is 1.39. The van der Waals surface area contributed by atoms with Crippen LogP contribution in [0.1, 0.15) is 10.4 Å².